The van der Waals surface area contributed by atoms with Crippen molar-refractivity contribution in [3.63, 3.8) is 0 Å². The summed E-state index contributed by atoms with van der Waals surface area (Å²) in [5.74, 6) is 0.935. The van der Waals surface area contributed by atoms with Crippen molar-refractivity contribution in [1.82, 2.24) is 0 Å². The molecule has 2 nitrogen and oxygen atoms in total. The average molecular weight is 248 g/mol. The molecule has 0 aromatic carbocycles. The standard InChI is InChI=1S/C15H25BO2/c16-13-8-5-11(6-9-13)7-10-14(15(17)18)12-3-1-2-4-12/h11-14H,1-10H2,(H,17,18). The Morgan fingerprint density at radius 2 is 1.72 bits per heavy atom. The molecule has 0 amide bonds. The zero-order valence-electron chi connectivity index (χ0n) is 11.3. The maximum atomic E-state index is 11.4. The van der Waals surface area contributed by atoms with E-state index in [-0.39, 0.29) is 5.92 Å². The quantitative estimate of drug-likeness (QED) is 0.751. The lowest BCUT2D eigenvalue weighted by Gasteiger charge is -2.28. The minimum Gasteiger partial charge on any atom is -0.481 e. The molecule has 18 heavy (non-hydrogen) atoms. The van der Waals surface area contributed by atoms with Gasteiger partial charge in [-0.05, 0) is 37.5 Å². The van der Waals surface area contributed by atoms with Crippen molar-refractivity contribution < 1.29 is 9.90 Å². The van der Waals surface area contributed by atoms with Crippen molar-refractivity contribution in [2.24, 2.45) is 17.8 Å². The molecule has 2 rings (SSSR count). The van der Waals surface area contributed by atoms with E-state index in [9.17, 15) is 9.90 Å². The molecular weight excluding hydrogens is 223 g/mol. The highest BCUT2D eigenvalue weighted by Crippen LogP contribution is 2.38. The van der Waals surface area contributed by atoms with E-state index in [2.05, 4.69) is 0 Å². The Labute approximate surface area is 112 Å². The van der Waals surface area contributed by atoms with Crippen molar-refractivity contribution in [1.29, 1.82) is 0 Å². The van der Waals surface area contributed by atoms with Crippen LogP contribution in [0.1, 0.15) is 64.2 Å². The van der Waals surface area contributed by atoms with Gasteiger partial charge < -0.3 is 5.11 Å². The number of aliphatic carboxylic acids is 1. The SMILES string of the molecule is [B]C1CCC(CCC(C(=O)O)C2CCCC2)CC1. The average Bonchev–Trinajstić information content (AvgIpc) is 2.85. The van der Waals surface area contributed by atoms with E-state index in [4.69, 9.17) is 7.85 Å². The minimum absolute atomic E-state index is 0.0805. The molecule has 0 aromatic rings. The molecule has 0 bridgehead atoms. The van der Waals surface area contributed by atoms with Gasteiger partial charge in [-0.1, -0.05) is 44.3 Å². The Morgan fingerprint density at radius 3 is 2.28 bits per heavy atom. The highest BCUT2D eigenvalue weighted by atomic mass is 16.4. The largest absolute Gasteiger partial charge is 0.481 e. The predicted molar refractivity (Wildman–Crippen MR) is 73.8 cm³/mol. The molecule has 1 unspecified atom stereocenters. The summed E-state index contributed by atoms with van der Waals surface area (Å²) in [4.78, 5) is 11.4. The zero-order chi connectivity index (χ0) is 13.0. The summed E-state index contributed by atoms with van der Waals surface area (Å²) >= 11 is 0. The van der Waals surface area contributed by atoms with Gasteiger partial charge in [0.15, 0.2) is 0 Å². The second-order valence-electron chi connectivity index (χ2n) is 6.35. The fraction of sp³-hybridized carbons (Fsp3) is 0.933. The van der Waals surface area contributed by atoms with E-state index in [1.165, 1.54) is 25.7 Å². The minimum atomic E-state index is -0.561. The van der Waals surface area contributed by atoms with Crippen LogP contribution in [0.5, 0.6) is 0 Å². The summed E-state index contributed by atoms with van der Waals surface area (Å²) < 4.78 is 0. The van der Waals surface area contributed by atoms with Gasteiger partial charge in [0.1, 0.15) is 0 Å². The number of rotatable bonds is 5. The number of hydrogen-bond acceptors (Lipinski definition) is 1. The third-order valence-electron chi connectivity index (χ3n) is 5.06. The van der Waals surface area contributed by atoms with Crippen LogP contribution in [0.4, 0.5) is 0 Å². The Balaban J connectivity index is 1.77. The van der Waals surface area contributed by atoms with Gasteiger partial charge in [0, 0.05) is 0 Å². The molecule has 0 aromatic heterocycles. The number of carbonyl (C=O) groups is 1. The van der Waals surface area contributed by atoms with Crippen LogP contribution >= 0.6 is 0 Å². The Kier molecular flexibility index (Phi) is 5.14. The maximum Gasteiger partial charge on any atom is 0.306 e. The number of carboxylic acids is 1. The lowest BCUT2D eigenvalue weighted by atomic mass is 9.70. The van der Waals surface area contributed by atoms with Crippen LogP contribution in [0, 0.1) is 17.8 Å². The van der Waals surface area contributed by atoms with Gasteiger partial charge in [-0.3, -0.25) is 4.79 Å². The molecule has 0 spiro atoms. The Bertz CT molecular complexity index is 266. The fourth-order valence-electron chi connectivity index (χ4n) is 3.81. The number of carboxylic acid groups (broad SMARTS) is 1. The smallest absolute Gasteiger partial charge is 0.306 e. The second kappa shape index (κ2) is 6.63. The summed E-state index contributed by atoms with van der Waals surface area (Å²) in [6, 6.07) is 0. The first-order valence-corrected chi connectivity index (χ1v) is 7.65. The van der Waals surface area contributed by atoms with E-state index < -0.39 is 5.97 Å². The van der Waals surface area contributed by atoms with Gasteiger partial charge in [0.25, 0.3) is 0 Å². The van der Waals surface area contributed by atoms with Gasteiger partial charge >= 0.3 is 5.97 Å². The van der Waals surface area contributed by atoms with E-state index >= 15 is 0 Å². The van der Waals surface area contributed by atoms with Crippen LogP contribution in [0.2, 0.25) is 5.82 Å². The molecule has 2 radical (unpaired) electrons. The third kappa shape index (κ3) is 3.76. The second-order valence-corrected chi connectivity index (χ2v) is 6.35. The van der Waals surface area contributed by atoms with E-state index in [1.807, 2.05) is 0 Å². The van der Waals surface area contributed by atoms with Crippen molar-refractivity contribution in [2.45, 2.75) is 70.0 Å². The molecule has 1 N–H and O–H groups in total. The lowest BCUT2D eigenvalue weighted by Crippen LogP contribution is -2.23. The topological polar surface area (TPSA) is 37.3 Å². The highest BCUT2D eigenvalue weighted by Gasteiger charge is 2.31. The van der Waals surface area contributed by atoms with E-state index in [1.54, 1.807) is 0 Å². The molecule has 2 aliphatic carbocycles. The van der Waals surface area contributed by atoms with Gasteiger partial charge in [-0.15, -0.1) is 0 Å². The van der Waals surface area contributed by atoms with E-state index in [0.29, 0.717) is 11.7 Å². The van der Waals surface area contributed by atoms with Crippen molar-refractivity contribution in [3.05, 3.63) is 0 Å². The Hall–Kier alpha value is -0.465. The molecule has 100 valence electrons. The monoisotopic (exact) mass is 248 g/mol. The first-order chi connectivity index (χ1) is 8.66. The van der Waals surface area contributed by atoms with Crippen molar-refractivity contribution in [3.8, 4) is 0 Å². The molecule has 0 aliphatic heterocycles. The van der Waals surface area contributed by atoms with Crippen LogP contribution in [-0.2, 0) is 4.79 Å². The molecule has 1 atom stereocenters. The van der Waals surface area contributed by atoms with Gasteiger partial charge in [0.05, 0.1) is 13.8 Å². The summed E-state index contributed by atoms with van der Waals surface area (Å²) in [6.45, 7) is 0. The summed E-state index contributed by atoms with van der Waals surface area (Å²) in [7, 11) is 5.91. The van der Waals surface area contributed by atoms with Crippen LogP contribution in [0.25, 0.3) is 0 Å². The maximum absolute atomic E-state index is 11.4. The van der Waals surface area contributed by atoms with Crippen molar-refractivity contribution in [2.75, 3.05) is 0 Å². The van der Waals surface area contributed by atoms with Crippen LogP contribution in [0.15, 0.2) is 0 Å². The normalized spacial score (nSPS) is 31.3. The zero-order valence-corrected chi connectivity index (χ0v) is 11.3. The van der Waals surface area contributed by atoms with Crippen LogP contribution < -0.4 is 0 Å². The van der Waals surface area contributed by atoms with Gasteiger partial charge in [-0.2, -0.15) is 0 Å². The predicted octanol–water partition coefficient (Wildman–Crippen LogP) is 3.80. The molecule has 2 aliphatic rings. The fourth-order valence-corrected chi connectivity index (χ4v) is 3.81. The molecule has 0 saturated heterocycles. The molecule has 3 heteroatoms. The van der Waals surface area contributed by atoms with Crippen molar-refractivity contribution >= 4 is 13.8 Å². The van der Waals surface area contributed by atoms with Crippen LogP contribution in [0.3, 0.4) is 0 Å². The van der Waals surface area contributed by atoms with Crippen LogP contribution in [-0.4, -0.2) is 18.9 Å². The molecule has 0 heterocycles. The van der Waals surface area contributed by atoms with Gasteiger partial charge in [0.2, 0.25) is 0 Å². The highest BCUT2D eigenvalue weighted by molar-refractivity contribution is 6.11. The number of hydrogen-bond donors (Lipinski definition) is 1. The Morgan fingerprint density at radius 1 is 1.11 bits per heavy atom. The third-order valence-corrected chi connectivity index (χ3v) is 5.06. The first kappa shape index (κ1) is 14.0. The van der Waals surface area contributed by atoms with E-state index in [0.717, 1.165) is 44.4 Å². The molecule has 2 saturated carbocycles. The first-order valence-electron chi connectivity index (χ1n) is 7.65. The summed E-state index contributed by atoms with van der Waals surface area (Å²) in [5.41, 5.74) is 0. The van der Waals surface area contributed by atoms with Gasteiger partial charge in [-0.25, -0.2) is 0 Å². The summed E-state index contributed by atoms with van der Waals surface area (Å²) in [6.07, 6.45) is 11.4. The lowest BCUT2D eigenvalue weighted by molar-refractivity contribution is -0.144. The molecular formula is C15H25BO2. The molecule has 2 fully saturated rings. The summed E-state index contributed by atoms with van der Waals surface area (Å²) in [5, 5.41) is 9.39.